The quantitative estimate of drug-likeness (QED) is 0.198. The molecule has 284 valence electrons. The average molecular weight is 741 g/mol. The third kappa shape index (κ3) is 7.33. The number of phenolic OH excluding ortho intramolecular Hbond substituents is 1. The maximum absolute atomic E-state index is 13.1. The van der Waals surface area contributed by atoms with E-state index in [1.165, 1.54) is 22.3 Å². The molecule has 2 saturated heterocycles. The Bertz CT molecular complexity index is 2060. The minimum absolute atomic E-state index is 0.137. The number of carbonyl (C=O) groups excluding carboxylic acids is 3. The first-order chi connectivity index (χ1) is 26.9. The van der Waals surface area contributed by atoms with Crippen molar-refractivity contribution in [3.8, 4) is 11.5 Å². The number of nitrogens with zero attached hydrogens (tertiary/aromatic N) is 3. The van der Waals surface area contributed by atoms with E-state index < -0.39 is 6.04 Å². The zero-order valence-corrected chi connectivity index (χ0v) is 31.1. The molecule has 9 rings (SSSR count). The van der Waals surface area contributed by atoms with Gasteiger partial charge < -0.3 is 24.4 Å². The van der Waals surface area contributed by atoms with Crippen molar-refractivity contribution in [2.45, 2.75) is 75.2 Å². The van der Waals surface area contributed by atoms with Crippen LogP contribution in [0, 0.1) is 0 Å². The highest BCUT2D eigenvalue weighted by Crippen LogP contribution is 2.47. The Hall–Kier alpha value is -5.19. The highest BCUT2D eigenvalue weighted by atomic mass is 16.5. The number of ether oxygens (including phenoxy) is 2. The van der Waals surface area contributed by atoms with Gasteiger partial charge in [-0.05, 0) is 95.5 Å². The fourth-order valence-electron chi connectivity index (χ4n) is 9.31. The summed E-state index contributed by atoms with van der Waals surface area (Å²) in [6.45, 7) is 5.66. The number of hydrogen-bond donors (Lipinski definition) is 2. The lowest BCUT2D eigenvalue weighted by Crippen LogP contribution is -2.52. The smallest absolute Gasteiger partial charge is 0.255 e. The lowest BCUT2D eigenvalue weighted by atomic mass is 9.69. The molecule has 2 N–H and O–H groups in total. The Morgan fingerprint density at radius 1 is 0.764 bits per heavy atom. The molecule has 2 aliphatic carbocycles. The Labute approximate surface area is 322 Å². The van der Waals surface area contributed by atoms with Crippen LogP contribution in [0.25, 0.3) is 0 Å². The fraction of sp³-hybridized carbons (Fsp3) is 0.400. The number of carbonyl (C=O) groups is 3. The minimum Gasteiger partial charge on any atom is -0.508 e. The molecule has 3 atom stereocenters. The zero-order chi connectivity index (χ0) is 37.5. The summed E-state index contributed by atoms with van der Waals surface area (Å²) in [5.41, 5.74) is 7.83. The van der Waals surface area contributed by atoms with Crippen molar-refractivity contribution < 1.29 is 29.0 Å². The first kappa shape index (κ1) is 35.5. The van der Waals surface area contributed by atoms with E-state index >= 15 is 0 Å². The molecule has 10 heteroatoms. The van der Waals surface area contributed by atoms with Gasteiger partial charge in [0.15, 0.2) is 0 Å². The molecular weight excluding hydrogens is 693 g/mol. The van der Waals surface area contributed by atoms with Gasteiger partial charge in [0.2, 0.25) is 11.8 Å². The summed E-state index contributed by atoms with van der Waals surface area (Å²) in [5.74, 6) is 1.02. The number of anilines is 1. The van der Waals surface area contributed by atoms with E-state index in [0.717, 1.165) is 75.4 Å². The molecule has 0 radical (unpaired) electrons. The van der Waals surface area contributed by atoms with Gasteiger partial charge in [-0.25, -0.2) is 0 Å². The first-order valence-electron chi connectivity index (χ1n) is 19.9. The standard InChI is InChI=1S/C45H48N4O6/c50-34-10-15-39-31(25-34)8-13-38(29-4-2-1-3-5-29)43(39)30-6-11-35(12-7-30)55-37-26-36(27-37)54-23-22-47-18-20-48(21-19-47)33-9-14-40-32(24-33)28-49(45(40)53)41-16-17-42(51)46-44(41)52/h1-7,9-12,14-15,24-25,36-38,41,43,50H,8,13,16-23,26-28H2,(H,46,51,52)/t36?,37?,38-,41?,43+/m1/s1. The van der Waals surface area contributed by atoms with Gasteiger partial charge in [0.1, 0.15) is 23.6 Å². The van der Waals surface area contributed by atoms with Gasteiger partial charge in [-0.2, -0.15) is 0 Å². The van der Waals surface area contributed by atoms with Crippen molar-refractivity contribution >= 4 is 23.4 Å². The molecule has 3 heterocycles. The number of rotatable bonds is 10. The van der Waals surface area contributed by atoms with Crippen LogP contribution >= 0.6 is 0 Å². The molecule has 0 bridgehead atoms. The molecule has 0 spiro atoms. The van der Waals surface area contributed by atoms with Crippen molar-refractivity contribution in [1.82, 2.24) is 15.1 Å². The van der Waals surface area contributed by atoms with E-state index in [1.807, 2.05) is 24.3 Å². The predicted molar refractivity (Wildman–Crippen MR) is 208 cm³/mol. The van der Waals surface area contributed by atoms with Crippen LogP contribution in [0.1, 0.15) is 82.1 Å². The number of aryl methyl sites for hydroxylation is 1. The summed E-state index contributed by atoms with van der Waals surface area (Å²) in [7, 11) is 0. The first-order valence-corrected chi connectivity index (χ1v) is 19.9. The molecule has 3 fully saturated rings. The molecule has 0 aromatic heterocycles. The highest BCUT2D eigenvalue weighted by Gasteiger charge is 2.39. The van der Waals surface area contributed by atoms with Crippen molar-refractivity contribution in [3.63, 3.8) is 0 Å². The van der Waals surface area contributed by atoms with Crippen LogP contribution in [0.5, 0.6) is 11.5 Å². The van der Waals surface area contributed by atoms with Crippen LogP contribution in [-0.4, -0.2) is 90.2 Å². The van der Waals surface area contributed by atoms with Gasteiger partial charge in [0.05, 0.1) is 12.7 Å². The van der Waals surface area contributed by atoms with E-state index in [4.69, 9.17) is 9.47 Å². The van der Waals surface area contributed by atoms with E-state index in [2.05, 4.69) is 81.8 Å². The third-order valence-corrected chi connectivity index (χ3v) is 12.4. The Morgan fingerprint density at radius 2 is 1.56 bits per heavy atom. The van der Waals surface area contributed by atoms with E-state index in [1.54, 1.807) is 4.90 Å². The summed E-state index contributed by atoms with van der Waals surface area (Å²) in [6, 6.07) is 30.7. The number of hydrogen-bond acceptors (Lipinski definition) is 8. The fourth-order valence-corrected chi connectivity index (χ4v) is 9.31. The summed E-state index contributed by atoms with van der Waals surface area (Å²) < 4.78 is 12.6. The van der Waals surface area contributed by atoms with Crippen LogP contribution in [0.3, 0.4) is 0 Å². The number of piperazine rings is 1. The van der Waals surface area contributed by atoms with E-state index in [9.17, 15) is 19.5 Å². The minimum atomic E-state index is -0.596. The maximum atomic E-state index is 13.1. The molecule has 5 aliphatic rings. The van der Waals surface area contributed by atoms with Gasteiger partial charge in [-0.15, -0.1) is 0 Å². The molecule has 1 unspecified atom stereocenters. The second-order valence-corrected chi connectivity index (χ2v) is 15.8. The van der Waals surface area contributed by atoms with Crippen LogP contribution < -0.4 is 15.0 Å². The largest absolute Gasteiger partial charge is 0.508 e. The number of benzene rings is 4. The molecule has 10 nitrogen and oxygen atoms in total. The number of piperidine rings is 1. The van der Waals surface area contributed by atoms with Crippen LogP contribution in [-0.2, 0) is 27.3 Å². The summed E-state index contributed by atoms with van der Waals surface area (Å²) >= 11 is 0. The number of nitrogens with one attached hydrogen (secondary N) is 1. The number of phenols is 1. The lowest BCUT2D eigenvalue weighted by molar-refractivity contribution is -0.136. The lowest BCUT2D eigenvalue weighted by Gasteiger charge is -2.38. The van der Waals surface area contributed by atoms with Gasteiger partial charge >= 0.3 is 0 Å². The monoisotopic (exact) mass is 740 g/mol. The molecule has 1 saturated carbocycles. The SMILES string of the molecule is O=C1CCC(N2Cc3cc(N4CCN(CCOC5CC(Oc6ccc([C@@H]7c8ccc(O)cc8CC[C@@H]7c7ccccc7)cc6)C5)CC4)ccc3C2=O)C(=O)N1. The summed E-state index contributed by atoms with van der Waals surface area (Å²) in [5, 5.41) is 12.5. The number of imide groups is 1. The second kappa shape index (κ2) is 15.2. The van der Waals surface area contributed by atoms with Crippen molar-refractivity contribution in [3.05, 3.63) is 124 Å². The maximum Gasteiger partial charge on any atom is 0.255 e. The highest BCUT2D eigenvalue weighted by molar-refractivity contribution is 6.05. The predicted octanol–water partition coefficient (Wildman–Crippen LogP) is 5.76. The van der Waals surface area contributed by atoms with Crippen molar-refractivity contribution in [2.75, 3.05) is 44.2 Å². The molecule has 55 heavy (non-hydrogen) atoms. The van der Waals surface area contributed by atoms with Crippen molar-refractivity contribution in [1.29, 1.82) is 0 Å². The third-order valence-electron chi connectivity index (χ3n) is 12.4. The van der Waals surface area contributed by atoms with Crippen molar-refractivity contribution in [2.24, 2.45) is 0 Å². The number of amides is 3. The van der Waals surface area contributed by atoms with Gasteiger partial charge in [0, 0.05) is 75.7 Å². The van der Waals surface area contributed by atoms with E-state index in [0.29, 0.717) is 36.8 Å². The second-order valence-electron chi connectivity index (χ2n) is 15.8. The zero-order valence-electron chi connectivity index (χ0n) is 31.1. The number of fused-ring (bicyclic) bond motifs is 2. The van der Waals surface area contributed by atoms with Gasteiger partial charge in [0.25, 0.3) is 5.91 Å². The average Bonchev–Trinajstić information content (AvgIpc) is 3.52. The van der Waals surface area contributed by atoms with Crippen LogP contribution in [0.2, 0.25) is 0 Å². The molecular formula is C45H48N4O6. The normalized spacial score (nSPS) is 25.2. The Kier molecular flexibility index (Phi) is 9.78. The molecule has 3 aliphatic heterocycles. The van der Waals surface area contributed by atoms with Gasteiger partial charge in [-0.1, -0.05) is 48.5 Å². The van der Waals surface area contributed by atoms with E-state index in [-0.39, 0.29) is 42.3 Å². The Balaban J connectivity index is 0.718. The summed E-state index contributed by atoms with van der Waals surface area (Å²) in [4.78, 5) is 43.5. The number of aromatic hydroxyl groups is 1. The summed E-state index contributed by atoms with van der Waals surface area (Å²) in [6.07, 6.45) is 4.80. The van der Waals surface area contributed by atoms with Crippen LogP contribution in [0.4, 0.5) is 5.69 Å². The molecule has 4 aromatic carbocycles. The Morgan fingerprint density at radius 3 is 2.35 bits per heavy atom. The molecule has 4 aromatic rings. The topological polar surface area (TPSA) is 112 Å². The van der Waals surface area contributed by atoms with Crippen LogP contribution in [0.15, 0.2) is 91.0 Å². The molecule has 3 amide bonds. The van der Waals surface area contributed by atoms with Gasteiger partial charge in [-0.3, -0.25) is 24.6 Å².